The summed E-state index contributed by atoms with van der Waals surface area (Å²) >= 11 is 0. The monoisotopic (exact) mass is 204 g/mol. The molecule has 0 radical (unpaired) electrons. The number of nitrogen functional groups attached to an aromatic ring is 1. The van der Waals surface area contributed by atoms with E-state index < -0.39 is 0 Å². The molecule has 2 aromatic heterocycles. The maximum atomic E-state index is 9.22. The third-order valence-corrected chi connectivity index (χ3v) is 2.89. The normalized spacial score (nSPS) is 25.4. The lowest BCUT2D eigenvalue weighted by Crippen LogP contribution is -2.27. The van der Waals surface area contributed by atoms with Gasteiger partial charge >= 0.3 is 0 Å². The summed E-state index contributed by atoms with van der Waals surface area (Å²) in [6.07, 6.45) is 1.41. The highest BCUT2D eigenvalue weighted by atomic mass is 16.3. The van der Waals surface area contributed by atoms with E-state index in [4.69, 9.17) is 5.73 Å². The maximum Gasteiger partial charge on any atom is 0.179 e. The van der Waals surface area contributed by atoms with Gasteiger partial charge in [-0.15, -0.1) is 0 Å². The minimum absolute atomic E-state index is 0.166. The van der Waals surface area contributed by atoms with E-state index >= 15 is 0 Å². The number of hydrogen-bond acceptors (Lipinski definition) is 4. The van der Waals surface area contributed by atoms with Crippen LogP contribution in [0.3, 0.4) is 0 Å². The fourth-order valence-corrected chi connectivity index (χ4v) is 1.93. The van der Waals surface area contributed by atoms with E-state index in [0.717, 1.165) is 24.2 Å². The van der Waals surface area contributed by atoms with E-state index in [1.54, 1.807) is 6.07 Å². The summed E-state index contributed by atoms with van der Waals surface area (Å²) in [6, 6.07) is 3.63. The van der Waals surface area contributed by atoms with Gasteiger partial charge in [0.05, 0.1) is 11.6 Å². The van der Waals surface area contributed by atoms with Gasteiger partial charge < -0.3 is 15.8 Å². The number of aromatic amines is 1. The van der Waals surface area contributed by atoms with Crippen molar-refractivity contribution in [1.82, 2.24) is 15.0 Å². The van der Waals surface area contributed by atoms with E-state index in [1.165, 1.54) is 0 Å². The predicted octanol–water partition coefficient (Wildman–Crippen LogP) is 0.778. The molecule has 15 heavy (non-hydrogen) atoms. The molecule has 78 valence electrons. The number of pyridine rings is 1. The van der Waals surface area contributed by atoms with E-state index in [-0.39, 0.29) is 6.10 Å². The molecule has 0 bridgehead atoms. The third-order valence-electron chi connectivity index (χ3n) is 2.89. The molecule has 1 aliphatic rings. The number of anilines is 1. The molecule has 0 unspecified atom stereocenters. The smallest absolute Gasteiger partial charge is 0.179 e. The van der Waals surface area contributed by atoms with Crippen LogP contribution >= 0.6 is 0 Å². The first kappa shape index (κ1) is 8.67. The largest absolute Gasteiger partial charge is 0.393 e. The SMILES string of the molecule is Nc1ccc2[nH]c(C3CC(O)C3)nc2n1. The molecule has 5 heteroatoms. The number of imidazole rings is 1. The number of aliphatic hydroxyl groups is 1. The quantitative estimate of drug-likeness (QED) is 0.640. The zero-order chi connectivity index (χ0) is 10.4. The molecule has 0 amide bonds. The van der Waals surface area contributed by atoms with Gasteiger partial charge in [0.2, 0.25) is 0 Å². The zero-order valence-electron chi connectivity index (χ0n) is 8.14. The van der Waals surface area contributed by atoms with Gasteiger partial charge in [0.1, 0.15) is 11.6 Å². The lowest BCUT2D eigenvalue weighted by molar-refractivity contribution is 0.0720. The van der Waals surface area contributed by atoms with Crippen molar-refractivity contribution in [1.29, 1.82) is 0 Å². The Hall–Kier alpha value is -1.62. The lowest BCUT2D eigenvalue weighted by atomic mass is 9.82. The molecule has 1 fully saturated rings. The van der Waals surface area contributed by atoms with Crippen molar-refractivity contribution in [3.8, 4) is 0 Å². The molecule has 3 rings (SSSR count). The Balaban J connectivity index is 1.99. The summed E-state index contributed by atoms with van der Waals surface area (Å²) in [5, 5.41) is 9.22. The number of nitrogens with two attached hydrogens (primary N) is 1. The molecule has 0 saturated heterocycles. The van der Waals surface area contributed by atoms with Crippen molar-refractivity contribution in [2.75, 3.05) is 5.73 Å². The summed E-state index contributed by atoms with van der Waals surface area (Å²) in [5.74, 6) is 1.73. The van der Waals surface area contributed by atoms with Gasteiger partial charge in [-0.1, -0.05) is 0 Å². The molecule has 1 aliphatic carbocycles. The first-order chi connectivity index (χ1) is 7.22. The van der Waals surface area contributed by atoms with Crippen molar-refractivity contribution in [2.45, 2.75) is 24.9 Å². The number of fused-ring (bicyclic) bond motifs is 1. The van der Waals surface area contributed by atoms with Gasteiger partial charge in [-0.05, 0) is 25.0 Å². The maximum absolute atomic E-state index is 9.22. The van der Waals surface area contributed by atoms with E-state index in [2.05, 4.69) is 15.0 Å². The Morgan fingerprint density at radius 2 is 2.13 bits per heavy atom. The highest BCUT2D eigenvalue weighted by Crippen LogP contribution is 2.35. The number of aliphatic hydroxyl groups excluding tert-OH is 1. The van der Waals surface area contributed by atoms with Gasteiger partial charge in [-0.25, -0.2) is 9.97 Å². The van der Waals surface area contributed by atoms with E-state index in [9.17, 15) is 5.11 Å². The molecule has 0 atom stereocenters. The molecule has 5 nitrogen and oxygen atoms in total. The van der Waals surface area contributed by atoms with Crippen molar-refractivity contribution in [3.63, 3.8) is 0 Å². The highest BCUT2D eigenvalue weighted by molar-refractivity contribution is 5.72. The van der Waals surface area contributed by atoms with E-state index in [1.807, 2.05) is 6.07 Å². The summed E-state index contributed by atoms with van der Waals surface area (Å²) in [7, 11) is 0. The summed E-state index contributed by atoms with van der Waals surface area (Å²) in [5.41, 5.74) is 7.13. The summed E-state index contributed by atoms with van der Waals surface area (Å²) in [4.78, 5) is 11.7. The summed E-state index contributed by atoms with van der Waals surface area (Å²) in [6.45, 7) is 0. The first-order valence-electron chi connectivity index (χ1n) is 5.02. The highest BCUT2D eigenvalue weighted by Gasteiger charge is 2.30. The van der Waals surface area contributed by atoms with Crippen LogP contribution in [0.15, 0.2) is 12.1 Å². The fourth-order valence-electron chi connectivity index (χ4n) is 1.93. The Bertz CT molecular complexity index is 501. The van der Waals surface area contributed by atoms with Gasteiger partial charge in [-0.2, -0.15) is 0 Å². The number of rotatable bonds is 1. The van der Waals surface area contributed by atoms with Gasteiger partial charge in [0.15, 0.2) is 5.65 Å². The van der Waals surface area contributed by atoms with Gasteiger partial charge in [-0.3, -0.25) is 0 Å². The van der Waals surface area contributed by atoms with Crippen LogP contribution in [0.4, 0.5) is 5.82 Å². The Labute approximate surface area is 86.3 Å². The topological polar surface area (TPSA) is 87.8 Å². The molecule has 1 saturated carbocycles. The number of H-pyrrole nitrogens is 1. The first-order valence-corrected chi connectivity index (χ1v) is 5.02. The fraction of sp³-hybridized carbons (Fsp3) is 0.400. The predicted molar refractivity (Wildman–Crippen MR) is 56.3 cm³/mol. The second-order valence-electron chi connectivity index (χ2n) is 4.05. The second-order valence-corrected chi connectivity index (χ2v) is 4.05. The van der Waals surface area contributed by atoms with E-state index in [0.29, 0.717) is 17.4 Å². The standard InChI is InChI=1S/C10H12N4O/c11-8-2-1-7-10(13-8)14-9(12-7)5-3-6(15)4-5/h1-2,5-6,15H,3-4H2,(H3,11,12,13,14). The number of hydrogen-bond donors (Lipinski definition) is 3. The van der Waals surface area contributed by atoms with Crippen LogP contribution in [-0.4, -0.2) is 26.2 Å². The average Bonchev–Trinajstić information content (AvgIpc) is 2.55. The molecule has 4 N–H and O–H groups in total. The second kappa shape index (κ2) is 2.93. The zero-order valence-corrected chi connectivity index (χ0v) is 8.14. The van der Waals surface area contributed by atoms with Gasteiger partial charge in [0, 0.05) is 5.92 Å². The van der Waals surface area contributed by atoms with Crippen LogP contribution < -0.4 is 5.73 Å². The molecule has 0 spiro atoms. The Morgan fingerprint density at radius 1 is 1.33 bits per heavy atom. The number of nitrogens with zero attached hydrogens (tertiary/aromatic N) is 2. The molecular formula is C10H12N4O. The van der Waals surface area contributed by atoms with Crippen LogP contribution in [0.5, 0.6) is 0 Å². The third kappa shape index (κ3) is 1.35. The van der Waals surface area contributed by atoms with Crippen LogP contribution in [0.1, 0.15) is 24.6 Å². The van der Waals surface area contributed by atoms with Crippen molar-refractivity contribution in [3.05, 3.63) is 18.0 Å². The van der Waals surface area contributed by atoms with Crippen LogP contribution in [0, 0.1) is 0 Å². The average molecular weight is 204 g/mol. The molecule has 2 heterocycles. The molecule has 0 aromatic carbocycles. The van der Waals surface area contributed by atoms with Gasteiger partial charge in [0.25, 0.3) is 0 Å². The van der Waals surface area contributed by atoms with Crippen molar-refractivity contribution in [2.24, 2.45) is 0 Å². The Morgan fingerprint density at radius 3 is 2.87 bits per heavy atom. The molecular weight excluding hydrogens is 192 g/mol. The van der Waals surface area contributed by atoms with Crippen LogP contribution in [-0.2, 0) is 0 Å². The summed E-state index contributed by atoms with van der Waals surface area (Å²) < 4.78 is 0. The van der Waals surface area contributed by atoms with Crippen molar-refractivity contribution < 1.29 is 5.11 Å². The van der Waals surface area contributed by atoms with Crippen LogP contribution in [0.2, 0.25) is 0 Å². The number of aromatic nitrogens is 3. The Kier molecular flexibility index (Phi) is 1.70. The van der Waals surface area contributed by atoms with Crippen LogP contribution in [0.25, 0.3) is 11.2 Å². The molecule has 2 aromatic rings. The lowest BCUT2D eigenvalue weighted by Gasteiger charge is -2.29. The minimum atomic E-state index is -0.166. The molecule has 0 aliphatic heterocycles. The minimum Gasteiger partial charge on any atom is -0.393 e. The number of nitrogens with one attached hydrogen (secondary N) is 1. The van der Waals surface area contributed by atoms with Crippen molar-refractivity contribution >= 4 is 17.0 Å².